The van der Waals surface area contributed by atoms with Gasteiger partial charge in [0.25, 0.3) is 0 Å². The van der Waals surface area contributed by atoms with Gasteiger partial charge in [-0.05, 0) is 30.3 Å². The van der Waals surface area contributed by atoms with Gasteiger partial charge < -0.3 is 14.6 Å². The van der Waals surface area contributed by atoms with Crippen LogP contribution in [-0.2, 0) is 0 Å². The molecular weight excluding hydrogens is 278 g/mol. The highest BCUT2D eigenvalue weighted by atomic mass is 19.1. The number of ether oxygens (including phenoxy) is 2. The molecule has 3 rings (SSSR count). The number of aliphatic hydroxyl groups excluding tert-OH is 1. The summed E-state index contributed by atoms with van der Waals surface area (Å²) in [6.45, 7) is 0. The smallest absolute Gasteiger partial charge is 0.130 e. The number of methoxy groups -OCH3 is 1. The van der Waals surface area contributed by atoms with Gasteiger partial charge in [-0.1, -0.05) is 0 Å². The Morgan fingerprint density at radius 3 is 2.71 bits per heavy atom. The molecule has 2 unspecified atom stereocenters. The summed E-state index contributed by atoms with van der Waals surface area (Å²) in [6, 6.07) is 8.25. The molecule has 0 amide bonds. The lowest BCUT2D eigenvalue weighted by molar-refractivity contribution is 0.0636. The van der Waals surface area contributed by atoms with Crippen LogP contribution >= 0.6 is 0 Å². The minimum atomic E-state index is -0.799. The van der Waals surface area contributed by atoms with E-state index in [4.69, 9.17) is 9.47 Å². The van der Waals surface area contributed by atoms with Gasteiger partial charge in [0.05, 0.1) is 13.2 Å². The Bertz CT molecular complexity index is 673. The van der Waals surface area contributed by atoms with Crippen LogP contribution in [0.15, 0.2) is 36.4 Å². The first-order valence-corrected chi connectivity index (χ1v) is 6.56. The van der Waals surface area contributed by atoms with E-state index >= 15 is 0 Å². The molecule has 1 N–H and O–H groups in total. The molecule has 0 bridgehead atoms. The van der Waals surface area contributed by atoms with Crippen molar-refractivity contribution >= 4 is 0 Å². The lowest BCUT2D eigenvalue weighted by Crippen LogP contribution is -2.20. The van der Waals surface area contributed by atoms with Gasteiger partial charge in [0.2, 0.25) is 0 Å². The zero-order valence-electron chi connectivity index (χ0n) is 11.3. The molecule has 3 nitrogen and oxygen atoms in total. The minimum absolute atomic E-state index is 0.0996. The molecule has 0 aromatic heterocycles. The van der Waals surface area contributed by atoms with E-state index in [0.29, 0.717) is 17.1 Å². The Kier molecular flexibility index (Phi) is 3.51. The number of hydrogen-bond acceptors (Lipinski definition) is 3. The number of rotatable bonds is 2. The lowest BCUT2D eigenvalue weighted by atomic mass is 9.94. The van der Waals surface area contributed by atoms with E-state index in [0.717, 1.165) is 18.2 Å². The minimum Gasteiger partial charge on any atom is -0.497 e. The summed E-state index contributed by atoms with van der Waals surface area (Å²) in [5, 5.41) is 10.2. The molecule has 1 aliphatic heterocycles. The van der Waals surface area contributed by atoms with Gasteiger partial charge in [-0.3, -0.25) is 0 Å². The third kappa shape index (κ3) is 2.56. The van der Waals surface area contributed by atoms with Crippen molar-refractivity contribution in [3.05, 3.63) is 59.2 Å². The van der Waals surface area contributed by atoms with Crippen molar-refractivity contribution in [1.82, 2.24) is 0 Å². The summed E-state index contributed by atoms with van der Waals surface area (Å²) in [5.74, 6) is -0.107. The Hall–Kier alpha value is -2.14. The fourth-order valence-corrected chi connectivity index (χ4v) is 2.50. The molecular formula is C16H14F2O3. The summed E-state index contributed by atoms with van der Waals surface area (Å²) in [6.07, 6.45) is -1.37. The Morgan fingerprint density at radius 1 is 1.14 bits per heavy atom. The van der Waals surface area contributed by atoms with Crippen molar-refractivity contribution < 1.29 is 23.4 Å². The van der Waals surface area contributed by atoms with Crippen LogP contribution in [0.1, 0.15) is 29.8 Å². The fraction of sp³-hybridized carbons (Fsp3) is 0.250. The van der Waals surface area contributed by atoms with Gasteiger partial charge in [0.1, 0.15) is 29.2 Å². The molecule has 0 saturated carbocycles. The van der Waals surface area contributed by atoms with E-state index in [9.17, 15) is 13.9 Å². The molecule has 1 heterocycles. The Labute approximate surface area is 120 Å². The van der Waals surface area contributed by atoms with Crippen molar-refractivity contribution in [2.24, 2.45) is 0 Å². The molecule has 110 valence electrons. The van der Waals surface area contributed by atoms with Crippen molar-refractivity contribution in [3.8, 4) is 11.5 Å². The Morgan fingerprint density at radius 2 is 1.95 bits per heavy atom. The third-order valence-electron chi connectivity index (χ3n) is 3.59. The molecule has 21 heavy (non-hydrogen) atoms. The van der Waals surface area contributed by atoms with Crippen LogP contribution in [-0.4, -0.2) is 12.2 Å². The number of fused-ring (bicyclic) bond motifs is 1. The first-order valence-electron chi connectivity index (χ1n) is 6.56. The number of halogens is 2. The monoisotopic (exact) mass is 292 g/mol. The van der Waals surface area contributed by atoms with Crippen LogP contribution in [0, 0.1) is 11.6 Å². The van der Waals surface area contributed by atoms with Gasteiger partial charge in [0, 0.05) is 23.6 Å². The summed E-state index contributed by atoms with van der Waals surface area (Å²) in [5.41, 5.74) is 0.714. The van der Waals surface area contributed by atoms with Crippen molar-refractivity contribution in [1.29, 1.82) is 0 Å². The standard InChI is InChI=1S/C16H14F2O3/c1-20-10-3-4-11-14(19)8-16(21-15(11)7-10)12-6-9(17)2-5-13(12)18/h2-7,14,16,19H,8H2,1H3. The number of aliphatic hydroxyl groups is 1. The van der Waals surface area contributed by atoms with Crippen LogP contribution in [0.4, 0.5) is 8.78 Å². The molecule has 2 aromatic rings. The third-order valence-corrected chi connectivity index (χ3v) is 3.59. The van der Waals surface area contributed by atoms with E-state index in [2.05, 4.69) is 0 Å². The predicted molar refractivity (Wildman–Crippen MR) is 72.3 cm³/mol. The average molecular weight is 292 g/mol. The lowest BCUT2D eigenvalue weighted by Gasteiger charge is -2.30. The maximum atomic E-state index is 13.8. The normalized spacial score (nSPS) is 20.6. The van der Waals surface area contributed by atoms with Gasteiger partial charge in [-0.25, -0.2) is 8.78 Å². The fourth-order valence-electron chi connectivity index (χ4n) is 2.50. The van der Waals surface area contributed by atoms with Crippen LogP contribution in [0.2, 0.25) is 0 Å². The van der Waals surface area contributed by atoms with Gasteiger partial charge in [0.15, 0.2) is 0 Å². The second kappa shape index (κ2) is 5.33. The largest absolute Gasteiger partial charge is 0.497 e. The molecule has 0 radical (unpaired) electrons. The predicted octanol–water partition coefficient (Wildman–Crippen LogP) is 3.53. The molecule has 1 aliphatic rings. The second-order valence-corrected chi connectivity index (χ2v) is 4.93. The highest BCUT2D eigenvalue weighted by molar-refractivity contribution is 5.44. The van der Waals surface area contributed by atoms with Crippen LogP contribution in [0.25, 0.3) is 0 Å². The van der Waals surface area contributed by atoms with Crippen molar-refractivity contribution in [2.75, 3.05) is 7.11 Å². The number of hydrogen-bond donors (Lipinski definition) is 1. The van der Waals surface area contributed by atoms with Crippen molar-refractivity contribution in [3.63, 3.8) is 0 Å². The van der Waals surface area contributed by atoms with Gasteiger partial charge >= 0.3 is 0 Å². The second-order valence-electron chi connectivity index (χ2n) is 4.93. The zero-order valence-corrected chi connectivity index (χ0v) is 11.3. The van der Waals surface area contributed by atoms with Crippen LogP contribution in [0.5, 0.6) is 11.5 Å². The maximum absolute atomic E-state index is 13.8. The zero-order chi connectivity index (χ0) is 15.0. The summed E-state index contributed by atoms with van der Waals surface area (Å²) >= 11 is 0. The molecule has 0 saturated heterocycles. The topological polar surface area (TPSA) is 38.7 Å². The molecule has 0 fully saturated rings. The quantitative estimate of drug-likeness (QED) is 0.920. The highest BCUT2D eigenvalue weighted by Gasteiger charge is 2.30. The van der Waals surface area contributed by atoms with E-state index in [1.807, 2.05) is 0 Å². The summed E-state index contributed by atoms with van der Waals surface area (Å²) in [4.78, 5) is 0. The van der Waals surface area contributed by atoms with Crippen LogP contribution < -0.4 is 9.47 Å². The van der Waals surface area contributed by atoms with Gasteiger partial charge in [-0.2, -0.15) is 0 Å². The average Bonchev–Trinajstić information content (AvgIpc) is 2.49. The summed E-state index contributed by atoms with van der Waals surface area (Å²) < 4.78 is 38.0. The number of benzene rings is 2. The first kappa shape index (κ1) is 13.8. The molecule has 2 atom stereocenters. The van der Waals surface area contributed by atoms with E-state index in [1.54, 1.807) is 18.2 Å². The molecule has 5 heteroatoms. The van der Waals surface area contributed by atoms with E-state index in [-0.39, 0.29) is 12.0 Å². The SMILES string of the molecule is COc1ccc2c(c1)OC(c1cc(F)ccc1F)CC2O. The van der Waals surface area contributed by atoms with Crippen molar-refractivity contribution in [2.45, 2.75) is 18.6 Å². The van der Waals surface area contributed by atoms with E-state index < -0.39 is 23.8 Å². The maximum Gasteiger partial charge on any atom is 0.130 e. The molecule has 0 spiro atoms. The Balaban J connectivity index is 1.98. The molecule has 0 aliphatic carbocycles. The highest BCUT2D eigenvalue weighted by Crippen LogP contribution is 2.42. The van der Waals surface area contributed by atoms with Gasteiger partial charge in [-0.15, -0.1) is 0 Å². The van der Waals surface area contributed by atoms with E-state index in [1.165, 1.54) is 7.11 Å². The molecule has 2 aromatic carbocycles. The first-order chi connectivity index (χ1) is 10.1. The van der Waals surface area contributed by atoms with Crippen LogP contribution in [0.3, 0.4) is 0 Å². The summed E-state index contributed by atoms with van der Waals surface area (Å²) in [7, 11) is 1.52.